The zero-order valence-corrected chi connectivity index (χ0v) is 14.5. The predicted octanol–water partition coefficient (Wildman–Crippen LogP) is 0.897. The maximum atomic E-state index is 12.3. The summed E-state index contributed by atoms with van der Waals surface area (Å²) in [5.74, 6) is -1.24. The second-order valence-electron chi connectivity index (χ2n) is 5.93. The molecule has 10 nitrogen and oxygen atoms in total. The van der Waals surface area contributed by atoms with Crippen LogP contribution in [0.4, 0.5) is 5.69 Å². The summed E-state index contributed by atoms with van der Waals surface area (Å²) in [6, 6.07) is 0. The predicted molar refractivity (Wildman–Crippen MR) is 91.7 cm³/mol. The Morgan fingerprint density at radius 3 is 2.62 bits per heavy atom. The first-order chi connectivity index (χ1) is 12.4. The second kappa shape index (κ2) is 7.21. The van der Waals surface area contributed by atoms with E-state index in [1.165, 1.54) is 17.1 Å². The number of rotatable bonds is 7. The summed E-state index contributed by atoms with van der Waals surface area (Å²) in [7, 11) is 1.86. The standard InChI is InChI=1S/C16H19N7O3/c1-11-13(7-21(2)20-11)9-23-10-14(6-18-23)19-16(26)12-5-17-22(8-12)4-3-15(24)25/h5-8,10H,3-4,9H2,1-2H3,(H,19,26)(H,24,25). The Morgan fingerprint density at radius 2 is 1.92 bits per heavy atom. The summed E-state index contributed by atoms with van der Waals surface area (Å²) in [4.78, 5) is 22.8. The number of anilines is 1. The molecule has 0 aromatic carbocycles. The minimum absolute atomic E-state index is 0.0523. The van der Waals surface area contributed by atoms with Gasteiger partial charge < -0.3 is 10.4 Å². The van der Waals surface area contributed by atoms with Crippen molar-refractivity contribution in [2.75, 3.05) is 5.32 Å². The smallest absolute Gasteiger partial charge is 0.305 e. The molecule has 0 unspecified atom stereocenters. The molecule has 3 rings (SSSR count). The van der Waals surface area contributed by atoms with Gasteiger partial charge in [0.2, 0.25) is 0 Å². The van der Waals surface area contributed by atoms with Crippen LogP contribution in [0.5, 0.6) is 0 Å². The number of aromatic nitrogens is 6. The molecule has 26 heavy (non-hydrogen) atoms. The number of aliphatic carboxylic acids is 1. The van der Waals surface area contributed by atoms with Gasteiger partial charge in [0.25, 0.3) is 5.91 Å². The van der Waals surface area contributed by atoms with Crippen LogP contribution in [-0.4, -0.2) is 46.3 Å². The normalized spacial score (nSPS) is 10.8. The molecule has 0 spiro atoms. The fourth-order valence-electron chi connectivity index (χ4n) is 2.51. The van der Waals surface area contributed by atoms with E-state index < -0.39 is 5.97 Å². The van der Waals surface area contributed by atoms with Crippen molar-refractivity contribution in [1.29, 1.82) is 0 Å². The fraction of sp³-hybridized carbons (Fsp3) is 0.312. The highest BCUT2D eigenvalue weighted by Gasteiger charge is 2.11. The summed E-state index contributed by atoms with van der Waals surface area (Å²) >= 11 is 0. The Bertz CT molecular complexity index is 937. The molecule has 2 N–H and O–H groups in total. The van der Waals surface area contributed by atoms with E-state index in [1.807, 2.05) is 20.2 Å². The fourth-order valence-corrected chi connectivity index (χ4v) is 2.51. The number of nitrogens with zero attached hydrogens (tertiary/aromatic N) is 6. The van der Waals surface area contributed by atoms with Crippen LogP contribution in [0.15, 0.2) is 31.0 Å². The van der Waals surface area contributed by atoms with Gasteiger partial charge in [-0.25, -0.2) is 0 Å². The van der Waals surface area contributed by atoms with E-state index in [2.05, 4.69) is 20.6 Å². The van der Waals surface area contributed by atoms with Crippen molar-refractivity contribution < 1.29 is 14.7 Å². The second-order valence-corrected chi connectivity index (χ2v) is 5.93. The zero-order valence-electron chi connectivity index (χ0n) is 14.5. The molecule has 0 saturated carbocycles. The summed E-state index contributed by atoms with van der Waals surface area (Å²) in [6.45, 7) is 2.71. The largest absolute Gasteiger partial charge is 0.481 e. The maximum absolute atomic E-state index is 12.3. The summed E-state index contributed by atoms with van der Waals surface area (Å²) in [6.07, 6.45) is 8.10. The number of nitrogens with one attached hydrogen (secondary N) is 1. The minimum atomic E-state index is -0.914. The molecule has 3 aromatic heterocycles. The van der Waals surface area contributed by atoms with Gasteiger partial charge in [0.1, 0.15) is 0 Å². The minimum Gasteiger partial charge on any atom is -0.481 e. The van der Waals surface area contributed by atoms with E-state index in [0.29, 0.717) is 17.8 Å². The van der Waals surface area contributed by atoms with Crippen molar-refractivity contribution in [3.05, 3.63) is 47.8 Å². The molecule has 10 heteroatoms. The highest BCUT2D eigenvalue weighted by molar-refractivity contribution is 6.03. The van der Waals surface area contributed by atoms with E-state index >= 15 is 0 Å². The van der Waals surface area contributed by atoms with Crippen molar-refractivity contribution in [1.82, 2.24) is 29.3 Å². The van der Waals surface area contributed by atoms with E-state index in [0.717, 1.165) is 11.3 Å². The van der Waals surface area contributed by atoms with Crippen molar-refractivity contribution in [2.45, 2.75) is 26.4 Å². The molecular weight excluding hydrogens is 338 g/mol. The summed E-state index contributed by atoms with van der Waals surface area (Å²) in [5, 5.41) is 23.9. The van der Waals surface area contributed by atoms with Crippen LogP contribution in [0.2, 0.25) is 0 Å². The van der Waals surface area contributed by atoms with Crippen LogP contribution in [-0.2, 0) is 24.9 Å². The Kier molecular flexibility index (Phi) is 4.83. The number of carboxylic acids is 1. The third-order valence-electron chi connectivity index (χ3n) is 3.79. The van der Waals surface area contributed by atoms with E-state index in [-0.39, 0.29) is 18.9 Å². The first kappa shape index (κ1) is 17.4. The highest BCUT2D eigenvalue weighted by atomic mass is 16.4. The molecule has 3 aromatic rings. The van der Waals surface area contributed by atoms with Gasteiger partial charge in [0.15, 0.2) is 0 Å². The summed E-state index contributed by atoms with van der Waals surface area (Å²) in [5.41, 5.74) is 2.90. The summed E-state index contributed by atoms with van der Waals surface area (Å²) < 4.78 is 4.90. The molecule has 0 atom stereocenters. The van der Waals surface area contributed by atoms with Crippen molar-refractivity contribution in [3.63, 3.8) is 0 Å². The monoisotopic (exact) mass is 357 g/mol. The third-order valence-corrected chi connectivity index (χ3v) is 3.79. The third kappa shape index (κ3) is 4.15. The molecule has 0 fully saturated rings. The number of amides is 1. The SMILES string of the molecule is Cc1nn(C)cc1Cn1cc(NC(=O)c2cnn(CCC(=O)O)c2)cn1. The van der Waals surface area contributed by atoms with E-state index in [9.17, 15) is 9.59 Å². The first-order valence-electron chi connectivity index (χ1n) is 7.98. The van der Waals surface area contributed by atoms with Crippen LogP contribution >= 0.6 is 0 Å². The van der Waals surface area contributed by atoms with Gasteiger partial charge in [-0.2, -0.15) is 15.3 Å². The molecular formula is C16H19N7O3. The number of aryl methyl sites for hydroxylation is 3. The van der Waals surface area contributed by atoms with Crippen molar-refractivity contribution >= 4 is 17.6 Å². The first-order valence-corrected chi connectivity index (χ1v) is 7.98. The van der Waals surface area contributed by atoms with Crippen LogP contribution in [0.1, 0.15) is 28.0 Å². The Balaban J connectivity index is 1.61. The lowest BCUT2D eigenvalue weighted by Crippen LogP contribution is -2.11. The average molecular weight is 357 g/mol. The molecule has 0 bridgehead atoms. The van der Waals surface area contributed by atoms with Gasteiger partial charge in [-0.05, 0) is 6.92 Å². The van der Waals surface area contributed by atoms with Gasteiger partial charge >= 0.3 is 5.97 Å². The molecule has 3 heterocycles. The molecule has 136 valence electrons. The molecule has 0 aliphatic rings. The zero-order chi connectivity index (χ0) is 18.7. The molecule has 0 radical (unpaired) electrons. The number of carbonyl (C=O) groups is 2. The Morgan fingerprint density at radius 1 is 1.15 bits per heavy atom. The maximum Gasteiger partial charge on any atom is 0.305 e. The van der Waals surface area contributed by atoms with Crippen LogP contribution in [0, 0.1) is 6.92 Å². The van der Waals surface area contributed by atoms with E-state index in [1.54, 1.807) is 21.8 Å². The van der Waals surface area contributed by atoms with Gasteiger partial charge in [-0.1, -0.05) is 0 Å². The van der Waals surface area contributed by atoms with Gasteiger partial charge in [0.05, 0.1) is 48.8 Å². The van der Waals surface area contributed by atoms with E-state index in [4.69, 9.17) is 5.11 Å². The topological polar surface area (TPSA) is 120 Å². The molecule has 0 aliphatic heterocycles. The molecule has 0 aliphatic carbocycles. The quantitative estimate of drug-likeness (QED) is 0.648. The van der Waals surface area contributed by atoms with Gasteiger partial charge in [0, 0.05) is 31.2 Å². The van der Waals surface area contributed by atoms with Gasteiger partial charge in [-0.15, -0.1) is 0 Å². The van der Waals surface area contributed by atoms with Crippen molar-refractivity contribution in [2.24, 2.45) is 7.05 Å². The molecule has 0 saturated heterocycles. The lowest BCUT2D eigenvalue weighted by atomic mass is 10.3. The number of hydrogen-bond donors (Lipinski definition) is 2. The van der Waals surface area contributed by atoms with Crippen LogP contribution in [0.25, 0.3) is 0 Å². The number of carbonyl (C=O) groups excluding carboxylic acids is 1. The highest BCUT2D eigenvalue weighted by Crippen LogP contribution is 2.11. The lowest BCUT2D eigenvalue weighted by molar-refractivity contribution is -0.137. The Labute approximate surface area is 149 Å². The molecule has 1 amide bonds. The van der Waals surface area contributed by atoms with Gasteiger partial charge in [-0.3, -0.25) is 23.6 Å². The average Bonchev–Trinajstić information content (AvgIpc) is 3.27. The van der Waals surface area contributed by atoms with Crippen LogP contribution < -0.4 is 5.32 Å². The van der Waals surface area contributed by atoms with Crippen LogP contribution in [0.3, 0.4) is 0 Å². The lowest BCUT2D eigenvalue weighted by Gasteiger charge is -2.00. The Hall–Kier alpha value is -3.43. The van der Waals surface area contributed by atoms with Crippen molar-refractivity contribution in [3.8, 4) is 0 Å². The number of hydrogen-bond acceptors (Lipinski definition) is 5. The number of carboxylic acid groups (broad SMARTS) is 1.